The van der Waals surface area contributed by atoms with Crippen LogP contribution in [0.4, 0.5) is 10.1 Å². The average Bonchev–Trinajstić information content (AvgIpc) is 2.39. The van der Waals surface area contributed by atoms with Crippen LogP contribution in [0.2, 0.25) is 0 Å². The smallest absolute Gasteiger partial charge is 0.329 e. The summed E-state index contributed by atoms with van der Waals surface area (Å²) >= 11 is 0. The normalized spacial score (nSPS) is 26.9. The van der Waals surface area contributed by atoms with E-state index in [0.717, 1.165) is 25.7 Å². The Morgan fingerprint density at radius 3 is 2.95 bits per heavy atom. The maximum atomic E-state index is 13.2. The van der Waals surface area contributed by atoms with Gasteiger partial charge >= 0.3 is 5.97 Å². The van der Waals surface area contributed by atoms with Crippen LogP contribution in [0.3, 0.4) is 0 Å². The van der Waals surface area contributed by atoms with Gasteiger partial charge in [-0.2, -0.15) is 0 Å². The summed E-state index contributed by atoms with van der Waals surface area (Å²) in [6.45, 7) is 2.01. The zero-order valence-electron chi connectivity index (χ0n) is 11.2. The first kappa shape index (κ1) is 13.8. The Morgan fingerprint density at radius 1 is 1.53 bits per heavy atom. The molecule has 1 aromatic carbocycles. The highest BCUT2D eigenvalue weighted by molar-refractivity contribution is 5.83. The Bertz CT molecular complexity index is 463. The highest BCUT2D eigenvalue weighted by Gasteiger charge is 2.46. The summed E-state index contributed by atoms with van der Waals surface area (Å²) in [6, 6.07) is 6.02. The van der Waals surface area contributed by atoms with Gasteiger partial charge in [0.1, 0.15) is 11.4 Å². The van der Waals surface area contributed by atoms with Crippen LogP contribution in [-0.4, -0.2) is 16.6 Å². The quantitative estimate of drug-likeness (QED) is 0.873. The Kier molecular flexibility index (Phi) is 4.08. The summed E-state index contributed by atoms with van der Waals surface area (Å²) in [6.07, 6.45) is 4.28. The number of nitrogens with one attached hydrogen (secondary N) is 1. The highest BCUT2D eigenvalue weighted by Crippen LogP contribution is 2.38. The van der Waals surface area contributed by atoms with Crippen molar-refractivity contribution in [3.05, 3.63) is 30.1 Å². The van der Waals surface area contributed by atoms with Crippen molar-refractivity contribution in [1.82, 2.24) is 0 Å². The minimum Gasteiger partial charge on any atom is -0.479 e. The van der Waals surface area contributed by atoms with Crippen LogP contribution in [0.5, 0.6) is 0 Å². The number of halogens is 1. The van der Waals surface area contributed by atoms with Gasteiger partial charge in [0, 0.05) is 5.69 Å². The second-order valence-electron chi connectivity index (χ2n) is 5.26. The van der Waals surface area contributed by atoms with Gasteiger partial charge in [0.15, 0.2) is 0 Å². The van der Waals surface area contributed by atoms with Gasteiger partial charge in [-0.15, -0.1) is 0 Å². The molecule has 0 aliphatic heterocycles. The molecule has 0 aromatic heterocycles. The lowest BCUT2D eigenvalue weighted by molar-refractivity contribution is -0.145. The predicted molar refractivity (Wildman–Crippen MR) is 72.6 cm³/mol. The fraction of sp³-hybridized carbons (Fsp3) is 0.533. The van der Waals surface area contributed by atoms with Gasteiger partial charge in [0.05, 0.1) is 0 Å². The van der Waals surface area contributed by atoms with Gasteiger partial charge in [-0.1, -0.05) is 32.3 Å². The van der Waals surface area contributed by atoms with Crippen LogP contribution in [0.1, 0.15) is 39.0 Å². The minimum absolute atomic E-state index is 0.0852. The zero-order valence-corrected chi connectivity index (χ0v) is 11.2. The Labute approximate surface area is 112 Å². The van der Waals surface area contributed by atoms with E-state index in [4.69, 9.17) is 0 Å². The fourth-order valence-corrected chi connectivity index (χ4v) is 3.12. The number of carbonyl (C=O) groups is 1. The molecular weight excluding hydrogens is 245 g/mol. The summed E-state index contributed by atoms with van der Waals surface area (Å²) in [5.74, 6) is -1.10. The number of rotatable bonds is 4. The van der Waals surface area contributed by atoms with Crippen LogP contribution in [0.25, 0.3) is 0 Å². The fourth-order valence-electron chi connectivity index (χ4n) is 3.12. The number of hydrogen-bond acceptors (Lipinski definition) is 2. The first-order chi connectivity index (χ1) is 9.08. The Morgan fingerprint density at radius 2 is 2.32 bits per heavy atom. The van der Waals surface area contributed by atoms with E-state index in [2.05, 4.69) is 5.32 Å². The van der Waals surface area contributed by atoms with E-state index in [0.29, 0.717) is 12.1 Å². The molecule has 1 aliphatic rings. The van der Waals surface area contributed by atoms with Crippen molar-refractivity contribution in [1.29, 1.82) is 0 Å². The number of anilines is 1. The maximum Gasteiger partial charge on any atom is 0.329 e. The first-order valence-electron chi connectivity index (χ1n) is 6.85. The SMILES string of the molecule is CCC1CCCCC1(Nc1cccc(F)c1)C(=O)O. The van der Waals surface area contributed by atoms with Crippen molar-refractivity contribution in [3.8, 4) is 0 Å². The van der Waals surface area contributed by atoms with Crippen molar-refractivity contribution in [2.45, 2.75) is 44.6 Å². The molecule has 3 nitrogen and oxygen atoms in total. The van der Waals surface area contributed by atoms with Crippen LogP contribution >= 0.6 is 0 Å². The van der Waals surface area contributed by atoms with Gasteiger partial charge in [0.25, 0.3) is 0 Å². The molecule has 1 saturated carbocycles. The number of aliphatic carboxylic acids is 1. The number of carboxylic acid groups (broad SMARTS) is 1. The molecule has 0 radical (unpaired) electrons. The van der Waals surface area contributed by atoms with Crippen LogP contribution < -0.4 is 5.32 Å². The molecular formula is C15H20FNO2. The molecule has 0 amide bonds. The Hall–Kier alpha value is -1.58. The summed E-state index contributed by atoms with van der Waals surface area (Å²) in [4.78, 5) is 11.8. The van der Waals surface area contributed by atoms with Crippen LogP contribution in [0, 0.1) is 11.7 Å². The molecule has 0 heterocycles. The van der Waals surface area contributed by atoms with E-state index in [1.165, 1.54) is 12.1 Å². The number of benzene rings is 1. The lowest BCUT2D eigenvalue weighted by Crippen LogP contribution is -2.54. The molecule has 19 heavy (non-hydrogen) atoms. The van der Waals surface area contributed by atoms with Crippen molar-refractivity contribution in [2.24, 2.45) is 5.92 Å². The van der Waals surface area contributed by atoms with E-state index < -0.39 is 11.5 Å². The van der Waals surface area contributed by atoms with Gasteiger partial charge in [-0.05, 0) is 37.0 Å². The van der Waals surface area contributed by atoms with E-state index >= 15 is 0 Å². The molecule has 1 aromatic rings. The lowest BCUT2D eigenvalue weighted by Gasteiger charge is -2.41. The Balaban J connectivity index is 2.31. The van der Waals surface area contributed by atoms with E-state index in [9.17, 15) is 14.3 Å². The van der Waals surface area contributed by atoms with E-state index in [1.807, 2.05) is 6.92 Å². The second kappa shape index (κ2) is 5.59. The molecule has 2 atom stereocenters. The van der Waals surface area contributed by atoms with Gasteiger partial charge < -0.3 is 10.4 Å². The van der Waals surface area contributed by atoms with Crippen LogP contribution in [0.15, 0.2) is 24.3 Å². The molecule has 1 fully saturated rings. The molecule has 2 rings (SSSR count). The summed E-state index contributed by atoms with van der Waals surface area (Å²) in [7, 11) is 0. The standard InChI is InChI=1S/C15H20FNO2/c1-2-11-6-3-4-9-15(11,14(18)19)17-13-8-5-7-12(16)10-13/h5,7-8,10-11,17H,2-4,6,9H2,1H3,(H,18,19). The van der Waals surface area contributed by atoms with Crippen molar-refractivity contribution in [2.75, 3.05) is 5.32 Å². The molecule has 2 N–H and O–H groups in total. The van der Waals surface area contributed by atoms with Crippen molar-refractivity contribution >= 4 is 11.7 Å². The molecule has 4 heteroatoms. The topological polar surface area (TPSA) is 49.3 Å². The maximum absolute atomic E-state index is 13.2. The average molecular weight is 265 g/mol. The summed E-state index contributed by atoms with van der Waals surface area (Å²) in [5.41, 5.74) is -0.413. The minimum atomic E-state index is -0.958. The molecule has 1 aliphatic carbocycles. The van der Waals surface area contributed by atoms with Gasteiger partial charge in [0.2, 0.25) is 0 Å². The monoisotopic (exact) mass is 265 g/mol. The largest absolute Gasteiger partial charge is 0.479 e. The molecule has 0 bridgehead atoms. The van der Waals surface area contributed by atoms with Crippen LogP contribution in [-0.2, 0) is 4.79 Å². The zero-order chi connectivity index (χ0) is 13.9. The molecule has 104 valence electrons. The number of carboxylic acids is 1. The van der Waals surface area contributed by atoms with E-state index in [-0.39, 0.29) is 11.7 Å². The third kappa shape index (κ3) is 2.72. The lowest BCUT2D eigenvalue weighted by atomic mass is 9.71. The number of hydrogen-bond donors (Lipinski definition) is 2. The first-order valence-corrected chi connectivity index (χ1v) is 6.85. The summed E-state index contributed by atoms with van der Waals surface area (Å²) < 4.78 is 13.2. The van der Waals surface area contributed by atoms with E-state index in [1.54, 1.807) is 12.1 Å². The van der Waals surface area contributed by atoms with Crippen molar-refractivity contribution < 1.29 is 14.3 Å². The molecule has 0 spiro atoms. The third-order valence-electron chi connectivity index (χ3n) is 4.14. The highest BCUT2D eigenvalue weighted by atomic mass is 19.1. The second-order valence-corrected chi connectivity index (χ2v) is 5.26. The van der Waals surface area contributed by atoms with Gasteiger partial charge in [-0.3, -0.25) is 0 Å². The molecule has 2 unspecified atom stereocenters. The summed E-state index contributed by atoms with van der Waals surface area (Å²) in [5, 5.41) is 12.8. The third-order valence-corrected chi connectivity index (χ3v) is 4.14. The predicted octanol–water partition coefficient (Wildman–Crippen LogP) is 3.66. The van der Waals surface area contributed by atoms with Crippen molar-refractivity contribution in [3.63, 3.8) is 0 Å². The molecule has 0 saturated heterocycles. The van der Waals surface area contributed by atoms with Gasteiger partial charge in [-0.25, -0.2) is 9.18 Å².